The molecule has 4 nitrogen and oxygen atoms in total. The summed E-state index contributed by atoms with van der Waals surface area (Å²) in [5, 5.41) is -0.0364. The molecule has 0 amide bonds. The summed E-state index contributed by atoms with van der Waals surface area (Å²) in [7, 11) is 1.34. The van der Waals surface area contributed by atoms with E-state index in [2.05, 4.69) is 16.7 Å². The van der Waals surface area contributed by atoms with E-state index in [4.69, 9.17) is 0 Å². The second-order valence-electron chi connectivity index (χ2n) is 4.26. The van der Waals surface area contributed by atoms with Crippen LogP contribution in [-0.2, 0) is 9.53 Å². The van der Waals surface area contributed by atoms with E-state index >= 15 is 0 Å². The Balaban J connectivity index is 2.13. The minimum Gasteiger partial charge on any atom is -0.465 e. The van der Waals surface area contributed by atoms with Crippen LogP contribution in [0, 0.1) is 0 Å². The van der Waals surface area contributed by atoms with Crippen LogP contribution >= 0.6 is 23.5 Å². The standard InChI is InChI=1S/C15H15NO3S2/c1-3-8-20-15-16-12(14(18)21-15)9-10-4-6-11(7-5-10)13(17)19-2/h4-7,9H,3,8H2,1-2H3. The lowest BCUT2D eigenvalue weighted by molar-refractivity contribution is -0.107. The second kappa shape index (κ2) is 7.47. The molecule has 0 radical (unpaired) electrons. The van der Waals surface area contributed by atoms with Gasteiger partial charge in [-0.1, -0.05) is 30.8 Å². The van der Waals surface area contributed by atoms with Gasteiger partial charge in [-0.2, -0.15) is 0 Å². The van der Waals surface area contributed by atoms with Crippen molar-refractivity contribution in [3.63, 3.8) is 0 Å². The Morgan fingerprint density at radius 3 is 2.71 bits per heavy atom. The molecule has 110 valence electrons. The highest BCUT2D eigenvalue weighted by atomic mass is 32.2. The van der Waals surface area contributed by atoms with Gasteiger partial charge in [-0.05, 0) is 47.7 Å². The van der Waals surface area contributed by atoms with Crippen LogP contribution in [0.2, 0.25) is 0 Å². The Labute approximate surface area is 132 Å². The monoisotopic (exact) mass is 321 g/mol. The van der Waals surface area contributed by atoms with E-state index in [1.54, 1.807) is 42.1 Å². The molecular weight excluding hydrogens is 306 g/mol. The predicted octanol–water partition coefficient (Wildman–Crippen LogP) is 3.59. The molecule has 1 aliphatic heterocycles. The number of rotatable bonds is 4. The number of carbonyl (C=O) groups excluding carboxylic acids is 2. The molecule has 21 heavy (non-hydrogen) atoms. The molecule has 0 aromatic heterocycles. The van der Waals surface area contributed by atoms with Crippen molar-refractivity contribution in [3.05, 3.63) is 41.1 Å². The maximum atomic E-state index is 11.9. The zero-order chi connectivity index (χ0) is 15.2. The third-order valence-electron chi connectivity index (χ3n) is 2.67. The third kappa shape index (κ3) is 4.22. The number of esters is 1. The SMILES string of the molecule is CCCSC1=NC(=Cc2ccc(C(=O)OC)cc2)C(=O)S1. The summed E-state index contributed by atoms with van der Waals surface area (Å²) in [4.78, 5) is 27.5. The first-order valence-electron chi connectivity index (χ1n) is 6.47. The van der Waals surface area contributed by atoms with Crippen LogP contribution in [-0.4, -0.2) is 28.3 Å². The van der Waals surface area contributed by atoms with E-state index in [0.29, 0.717) is 11.3 Å². The maximum absolute atomic E-state index is 11.9. The van der Waals surface area contributed by atoms with Gasteiger partial charge in [0.05, 0.1) is 12.7 Å². The van der Waals surface area contributed by atoms with Crippen LogP contribution in [0.4, 0.5) is 0 Å². The summed E-state index contributed by atoms with van der Waals surface area (Å²) >= 11 is 2.78. The van der Waals surface area contributed by atoms with Gasteiger partial charge >= 0.3 is 5.97 Å². The molecule has 2 rings (SSSR count). The summed E-state index contributed by atoms with van der Waals surface area (Å²) < 4.78 is 5.45. The number of nitrogens with zero attached hydrogens (tertiary/aromatic N) is 1. The zero-order valence-corrected chi connectivity index (χ0v) is 13.4. The Morgan fingerprint density at radius 1 is 1.38 bits per heavy atom. The average Bonchev–Trinajstić information content (AvgIpc) is 2.85. The van der Waals surface area contributed by atoms with Gasteiger partial charge in [0.15, 0.2) is 0 Å². The number of benzene rings is 1. The lowest BCUT2D eigenvalue weighted by Crippen LogP contribution is -2.00. The minimum atomic E-state index is -0.377. The van der Waals surface area contributed by atoms with Gasteiger partial charge in [-0.25, -0.2) is 9.79 Å². The number of ether oxygens (including phenoxy) is 1. The zero-order valence-electron chi connectivity index (χ0n) is 11.8. The molecule has 0 fully saturated rings. The molecule has 0 N–H and O–H groups in total. The van der Waals surface area contributed by atoms with Crippen molar-refractivity contribution in [2.45, 2.75) is 13.3 Å². The van der Waals surface area contributed by atoms with Gasteiger partial charge in [-0.3, -0.25) is 4.79 Å². The van der Waals surface area contributed by atoms with Crippen molar-refractivity contribution < 1.29 is 14.3 Å². The molecule has 0 bridgehead atoms. The molecule has 0 unspecified atom stereocenters. The van der Waals surface area contributed by atoms with Gasteiger partial charge in [0.1, 0.15) is 10.1 Å². The van der Waals surface area contributed by atoms with Crippen molar-refractivity contribution >= 4 is 45.1 Å². The van der Waals surface area contributed by atoms with Crippen molar-refractivity contribution in [1.29, 1.82) is 0 Å². The van der Waals surface area contributed by atoms with E-state index in [0.717, 1.165) is 22.1 Å². The predicted molar refractivity (Wildman–Crippen MR) is 88.5 cm³/mol. The van der Waals surface area contributed by atoms with Crippen LogP contribution in [0.25, 0.3) is 6.08 Å². The number of aliphatic imine (C=N–C) groups is 1. The van der Waals surface area contributed by atoms with E-state index in [9.17, 15) is 9.59 Å². The Hall–Kier alpha value is -1.53. The van der Waals surface area contributed by atoms with Crippen LogP contribution in [0.1, 0.15) is 29.3 Å². The van der Waals surface area contributed by atoms with E-state index < -0.39 is 0 Å². The first-order chi connectivity index (χ1) is 10.1. The van der Waals surface area contributed by atoms with Crippen LogP contribution in [0.15, 0.2) is 35.0 Å². The molecule has 0 saturated heterocycles. The van der Waals surface area contributed by atoms with Crippen molar-refractivity contribution in [2.24, 2.45) is 4.99 Å². The van der Waals surface area contributed by atoms with Gasteiger partial charge in [0.2, 0.25) is 5.12 Å². The average molecular weight is 321 g/mol. The largest absolute Gasteiger partial charge is 0.465 e. The van der Waals surface area contributed by atoms with Gasteiger partial charge in [0, 0.05) is 0 Å². The fourth-order valence-corrected chi connectivity index (χ4v) is 3.40. The molecule has 1 aromatic rings. The maximum Gasteiger partial charge on any atom is 0.337 e. The Kier molecular flexibility index (Phi) is 5.64. The summed E-state index contributed by atoms with van der Waals surface area (Å²) in [5.74, 6) is 0.582. The molecule has 1 aliphatic rings. The minimum absolute atomic E-state index is 0.0364. The van der Waals surface area contributed by atoms with Crippen molar-refractivity contribution in [2.75, 3.05) is 12.9 Å². The van der Waals surface area contributed by atoms with Crippen LogP contribution in [0.5, 0.6) is 0 Å². The number of hydrogen-bond acceptors (Lipinski definition) is 6. The summed E-state index contributed by atoms with van der Waals surface area (Å²) in [6, 6.07) is 6.87. The van der Waals surface area contributed by atoms with Gasteiger partial charge in [-0.15, -0.1) is 0 Å². The lowest BCUT2D eigenvalue weighted by atomic mass is 10.1. The number of methoxy groups -OCH3 is 1. The van der Waals surface area contributed by atoms with Gasteiger partial charge < -0.3 is 4.74 Å². The molecule has 0 aliphatic carbocycles. The number of thioether (sulfide) groups is 2. The van der Waals surface area contributed by atoms with Crippen molar-refractivity contribution in [1.82, 2.24) is 0 Å². The highest BCUT2D eigenvalue weighted by Gasteiger charge is 2.22. The summed E-state index contributed by atoms with van der Waals surface area (Å²) in [6.45, 7) is 2.09. The second-order valence-corrected chi connectivity index (χ2v) is 6.56. The first kappa shape index (κ1) is 15.9. The smallest absolute Gasteiger partial charge is 0.337 e. The molecule has 0 atom stereocenters. The van der Waals surface area contributed by atoms with E-state index in [1.165, 1.54) is 18.9 Å². The summed E-state index contributed by atoms with van der Waals surface area (Å²) in [6.07, 6.45) is 2.78. The number of carbonyl (C=O) groups is 2. The van der Waals surface area contributed by atoms with Crippen LogP contribution in [0.3, 0.4) is 0 Å². The van der Waals surface area contributed by atoms with Crippen LogP contribution < -0.4 is 0 Å². The number of hydrogen-bond donors (Lipinski definition) is 0. The fourth-order valence-electron chi connectivity index (χ4n) is 1.63. The highest BCUT2D eigenvalue weighted by molar-refractivity contribution is 8.45. The topological polar surface area (TPSA) is 55.7 Å². The molecule has 1 aromatic carbocycles. The molecule has 0 spiro atoms. The first-order valence-corrected chi connectivity index (χ1v) is 8.28. The van der Waals surface area contributed by atoms with E-state index in [-0.39, 0.29) is 11.1 Å². The molecule has 0 saturated carbocycles. The normalized spacial score (nSPS) is 16.2. The quantitative estimate of drug-likeness (QED) is 0.626. The molecular formula is C15H15NO3S2. The Bertz CT molecular complexity index is 606. The van der Waals surface area contributed by atoms with E-state index in [1.807, 2.05) is 0 Å². The lowest BCUT2D eigenvalue weighted by Gasteiger charge is -1.99. The van der Waals surface area contributed by atoms with Gasteiger partial charge in [0.25, 0.3) is 0 Å². The Morgan fingerprint density at radius 2 is 2.10 bits per heavy atom. The van der Waals surface area contributed by atoms with Crippen molar-refractivity contribution in [3.8, 4) is 0 Å². The molecule has 6 heteroatoms. The third-order valence-corrected chi connectivity index (χ3v) is 4.88. The highest BCUT2D eigenvalue weighted by Crippen LogP contribution is 2.31. The molecule has 1 heterocycles. The fraction of sp³-hybridized carbons (Fsp3) is 0.267. The summed E-state index contributed by atoms with van der Waals surface area (Å²) in [5.41, 5.74) is 1.76.